The number of carbonyl (C=O) groups excluding carboxylic acids is 11. The first-order chi connectivity index (χ1) is 65.7. The van der Waals surface area contributed by atoms with E-state index in [1.165, 1.54) is 0 Å². The lowest BCUT2D eigenvalue weighted by Gasteiger charge is -2.29. The SMILES string of the molecule is N=C(N)NCCC[C@H](NC(=O)[C@H](CCCNC(=N)N)NC(=O)[C@H](Cc1c[nH]c2ccccc12)NC(=O)[C@H](CCCNC(=N)N)NC(=O)[C@H](Cc1c[nH]c2ccccc12)NC(=O)[C@H](Cc1c[nH]c2ccccc12)NC(=O)[C@H](Cc1c[nH]c2ccccc12)NC(=O)[C@H](CCCNC(=N)N)NC(=O)[C@H](Cc1c[nH]c2ccccc12)NC(=O)[C@H](CCCNC(=N)N)NC(=O)[C@@H](N)CCCNC(=N)N)C(N)=O. The summed E-state index contributed by atoms with van der Waals surface area (Å²) >= 11 is 0. The molecule has 0 aliphatic heterocycles. The van der Waals surface area contributed by atoms with Gasteiger partial charge in [-0.05, 0) is 135 Å². The molecule has 11 amide bonds. The van der Waals surface area contributed by atoms with Crippen molar-refractivity contribution in [3.8, 4) is 0 Å². The first-order valence-corrected chi connectivity index (χ1v) is 45.1. The summed E-state index contributed by atoms with van der Waals surface area (Å²) in [7, 11) is 0. The topological polar surface area (TPSA) is 810 Å². The van der Waals surface area contributed by atoms with Crippen LogP contribution in [0.4, 0.5) is 0 Å². The second-order valence-electron chi connectivity index (χ2n) is 33.3. The average Bonchev–Trinajstić information content (AvgIpc) is 1.58. The quantitative estimate of drug-likeness (QED) is 0.0110. The standard InChI is InChI=1S/C91H125N35O11/c92-59(22-11-33-106-86(94)95)76(128)118-66(29-13-35-108-88(98)99)78(130)122-70(39-49-44-112-60-23-6-1-17-54(49)60)82(134)120-69(32-16-38-111-91(104)105)80(132)124-73(42-52-47-115-63-26-9-4-20-57(52)63)84(136)126-74(43-53-48-116-64-27-10-5-21-58(53)64)85(137)125-72(41-51-46-114-62-25-8-3-19-56(51)62)83(135)121-68(31-15-37-110-90(102)103)79(131)123-71(40-50-45-113-61-24-7-2-18-55(50)61)81(133)119-67(30-14-36-109-89(100)101)77(129)117-65(75(93)127)28-12-34-107-87(96)97/h1-10,17-21,23-27,44-48,59,65-74,112-116H,11-16,22,28-43,92H2,(H2,93,127)(H,117,129)(H,118,128)(H,119,133)(H,120,134)(H,121,135)(H,122,130)(H,123,131)(H,124,132)(H,125,137)(H,126,136)(H4,94,95,106)(H4,96,97,107)(H4,98,99,108)(H4,100,101,109)(H4,102,103,110)(H4,104,105,111)/t59-,65-,66-,67-,68-,69-,70-,71-,72-,73-,74-/m0/s1. The monoisotopic (exact) mass is 1880 g/mol. The molecule has 5 aromatic carbocycles. The molecular formula is C91H125N35O11. The van der Waals surface area contributed by atoms with Crippen LogP contribution >= 0.6 is 0 Å². The lowest BCUT2D eigenvalue weighted by Crippen LogP contribution is -2.61. The molecule has 11 atom stereocenters. The molecule has 0 radical (unpaired) electrons. The molecule has 0 aliphatic carbocycles. The van der Waals surface area contributed by atoms with Crippen molar-refractivity contribution in [2.75, 3.05) is 39.3 Å². The third-order valence-corrected chi connectivity index (χ3v) is 23.1. The molecule has 10 rings (SSSR count). The lowest BCUT2D eigenvalue weighted by molar-refractivity contribution is -0.136. The van der Waals surface area contributed by atoms with Crippen LogP contribution in [0.2, 0.25) is 0 Å². The molecule has 730 valence electrons. The highest BCUT2D eigenvalue weighted by atomic mass is 16.2. The molecule has 0 spiro atoms. The number of hydrogen-bond donors (Lipinski definition) is 35. The number of nitrogens with one attached hydrogen (secondary N) is 27. The largest absolute Gasteiger partial charge is 0.370 e. The molecule has 0 bridgehead atoms. The van der Waals surface area contributed by atoms with E-state index < -0.39 is 143 Å². The van der Waals surface area contributed by atoms with Crippen molar-refractivity contribution < 1.29 is 52.7 Å². The highest BCUT2D eigenvalue weighted by molar-refractivity contribution is 6.02. The minimum absolute atomic E-state index is 0.00355. The van der Waals surface area contributed by atoms with Crippen LogP contribution in [0.15, 0.2) is 152 Å². The Morgan fingerprint density at radius 1 is 0.234 bits per heavy atom. The summed E-state index contributed by atoms with van der Waals surface area (Å²) < 4.78 is 0. The highest BCUT2D eigenvalue weighted by Gasteiger charge is 2.39. The summed E-state index contributed by atoms with van der Waals surface area (Å²) in [5.74, 6) is -12.0. The molecule has 137 heavy (non-hydrogen) atoms. The Bertz CT molecular complexity index is 5940. The van der Waals surface area contributed by atoms with Crippen LogP contribution in [0.3, 0.4) is 0 Å². The van der Waals surface area contributed by atoms with Crippen molar-refractivity contribution in [3.63, 3.8) is 0 Å². The number of amides is 11. The van der Waals surface area contributed by atoms with Crippen LogP contribution in [-0.2, 0) is 84.8 Å². The number of fused-ring (bicyclic) bond motifs is 5. The van der Waals surface area contributed by atoms with Crippen molar-refractivity contribution in [2.45, 2.75) is 176 Å². The number of primary amides is 1. The molecule has 0 saturated heterocycles. The van der Waals surface area contributed by atoms with E-state index in [0.717, 1.165) is 0 Å². The second-order valence-corrected chi connectivity index (χ2v) is 33.3. The molecule has 0 unspecified atom stereocenters. The van der Waals surface area contributed by atoms with Gasteiger partial charge in [0.05, 0.1) is 6.04 Å². The third-order valence-electron chi connectivity index (χ3n) is 23.1. The Kier molecular flexibility index (Phi) is 38.2. The number of aromatic nitrogens is 5. The Hall–Kier alpha value is -16.5. The molecule has 46 nitrogen and oxygen atoms in total. The van der Waals surface area contributed by atoms with Gasteiger partial charge in [0, 0.05) is 157 Å². The minimum Gasteiger partial charge on any atom is -0.370 e. The fourth-order valence-electron chi connectivity index (χ4n) is 16.1. The number of para-hydroxylation sites is 5. The third kappa shape index (κ3) is 31.4. The number of benzene rings is 5. The number of guanidine groups is 6. The Morgan fingerprint density at radius 2 is 0.401 bits per heavy atom. The Labute approximate surface area is 787 Å². The normalized spacial score (nSPS) is 13.6. The van der Waals surface area contributed by atoms with Crippen LogP contribution in [0.25, 0.3) is 54.5 Å². The fraction of sp³-hybridized carbons (Fsp3) is 0.374. The van der Waals surface area contributed by atoms with Gasteiger partial charge >= 0.3 is 0 Å². The maximum Gasteiger partial charge on any atom is 0.243 e. The fourth-order valence-corrected chi connectivity index (χ4v) is 16.1. The van der Waals surface area contributed by atoms with Crippen molar-refractivity contribution >= 4 is 155 Å². The van der Waals surface area contributed by atoms with Crippen molar-refractivity contribution in [1.82, 2.24) is 110 Å². The van der Waals surface area contributed by atoms with Gasteiger partial charge in [0.2, 0.25) is 65.0 Å². The summed E-state index contributed by atoms with van der Waals surface area (Å²) in [6.45, 7) is 0.535. The maximum absolute atomic E-state index is 16.2. The summed E-state index contributed by atoms with van der Waals surface area (Å²) in [6.07, 6.45) is 7.40. The van der Waals surface area contributed by atoms with Crippen LogP contribution in [-0.4, -0.2) is 231 Å². The molecule has 0 fully saturated rings. The molecule has 43 N–H and O–H groups in total. The van der Waals surface area contributed by atoms with Gasteiger partial charge in [0.1, 0.15) is 60.4 Å². The number of carbonyl (C=O) groups is 11. The Morgan fingerprint density at radius 3 is 0.606 bits per heavy atom. The van der Waals surface area contributed by atoms with Crippen LogP contribution < -0.4 is 131 Å². The zero-order valence-corrected chi connectivity index (χ0v) is 75.7. The number of hydrogen-bond acceptors (Lipinski definition) is 18. The van der Waals surface area contributed by atoms with E-state index in [2.05, 4.69) is 110 Å². The molecule has 5 heterocycles. The summed E-state index contributed by atoms with van der Waals surface area (Å²) in [5, 5.41) is 94.1. The number of nitrogens with two attached hydrogens (primary N) is 8. The lowest BCUT2D eigenvalue weighted by atomic mass is 9.99. The van der Waals surface area contributed by atoms with Gasteiger partial charge in [-0.25, -0.2) is 0 Å². The van der Waals surface area contributed by atoms with Gasteiger partial charge in [-0.1, -0.05) is 91.0 Å². The number of rotatable bonds is 55. The molecular weight excluding hydrogens is 1760 g/mol. The molecule has 5 aromatic heterocycles. The summed E-state index contributed by atoms with van der Waals surface area (Å²) in [5.41, 5.74) is 51.7. The maximum atomic E-state index is 16.2. The van der Waals surface area contributed by atoms with Crippen LogP contribution in [0.5, 0.6) is 0 Å². The minimum atomic E-state index is -1.65. The van der Waals surface area contributed by atoms with Crippen molar-refractivity contribution in [3.05, 3.63) is 180 Å². The average molecular weight is 1890 g/mol. The van der Waals surface area contributed by atoms with E-state index >= 15 is 33.6 Å². The van der Waals surface area contributed by atoms with Gasteiger partial charge in [-0.3, -0.25) is 85.2 Å². The number of H-pyrrole nitrogens is 5. The van der Waals surface area contributed by atoms with E-state index in [1.54, 1.807) is 146 Å². The predicted molar refractivity (Wildman–Crippen MR) is 521 cm³/mol. The zero-order valence-electron chi connectivity index (χ0n) is 75.7. The molecule has 46 heteroatoms. The first-order valence-electron chi connectivity index (χ1n) is 45.1. The number of aromatic amines is 5. The van der Waals surface area contributed by atoms with E-state index in [4.69, 9.17) is 78.3 Å². The Balaban J connectivity index is 0.992. The van der Waals surface area contributed by atoms with E-state index in [1.807, 2.05) is 6.07 Å². The van der Waals surface area contributed by atoms with E-state index in [-0.39, 0.29) is 166 Å². The first kappa shape index (κ1) is 103. The van der Waals surface area contributed by atoms with Gasteiger partial charge in [-0.2, -0.15) is 0 Å². The van der Waals surface area contributed by atoms with Crippen molar-refractivity contribution in [1.29, 1.82) is 32.5 Å². The van der Waals surface area contributed by atoms with Gasteiger partial charge in [0.25, 0.3) is 0 Å². The van der Waals surface area contributed by atoms with Crippen LogP contribution in [0, 0.1) is 32.5 Å². The van der Waals surface area contributed by atoms with Crippen LogP contribution in [0.1, 0.15) is 105 Å². The van der Waals surface area contributed by atoms with E-state index in [9.17, 15) is 19.2 Å². The molecule has 0 aliphatic rings. The van der Waals surface area contributed by atoms with E-state index in [0.29, 0.717) is 88.8 Å². The zero-order chi connectivity index (χ0) is 98.6. The second kappa shape index (κ2) is 51.0. The van der Waals surface area contributed by atoms with Gasteiger partial charge in [-0.15, -0.1) is 0 Å². The van der Waals surface area contributed by atoms with Crippen molar-refractivity contribution in [2.24, 2.45) is 45.9 Å². The molecule has 0 saturated carbocycles. The summed E-state index contributed by atoms with van der Waals surface area (Å²) in [6, 6.07) is 19.5. The highest BCUT2D eigenvalue weighted by Crippen LogP contribution is 2.27. The molecule has 10 aromatic rings. The summed E-state index contributed by atoms with van der Waals surface area (Å²) in [4.78, 5) is 183. The predicted octanol–water partition coefficient (Wildman–Crippen LogP) is -2.15. The van der Waals surface area contributed by atoms with Gasteiger partial charge < -0.3 is 156 Å². The smallest absolute Gasteiger partial charge is 0.243 e. The van der Waals surface area contributed by atoms with Gasteiger partial charge in [0.15, 0.2) is 35.8 Å².